The summed E-state index contributed by atoms with van der Waals surface area (Å²) in [7, 11) is -4.00. The molecule has 8 nitrogen and oxygen atoms in total. The van der Waals surface area contributed by atoms with Gasteiger partial charge in [0, 0.05) is 18.1 Å². The molecule has 3 rings (SSSR count). The van der Waals surface area contributed by atoms with Gasteiger partial charge >= 0.3 is 11.8 Å². The first-order chi connectivity index (χ1) is 15.2. The second-order valence-electron chi connectivity index (χ2n) is 7.22. The smallest absolute Gasteiger partial charge is 0.309 e. The first-order valence-electron chi connectivity index (χ1n) is 9.88. The van der Waals surface area contributed by atoms with Gasteiger partial charge in [-0.1, -0.05) is 23.7 Å². The largest absolute Gasteiger partial charge is 0.360 e. The molecule has 2 aromatic rings. The summed E-state index contributed by atoms with van der Waals surface area (Å²) in [4.78, 5) is 24.2. The molecule has 0 saturated carbocycles. The number of carbonyl (C=O) groups is 2. The molecule has 1 fully saturated rings. The lowest BCUT2D eigenvalue weighted by molar-refractivity contribution is -0.140. The van der Waals surface area contributed by atoms with Crippen molar-refractivity contribution in [2.75, 3.05) is 19.7 Å². The maximum absolute atomic E-state index is 13.4. The van der Waals surface area contributed by atoms with E-state index in [-0.39, 0.29) is 30.1 Å². The Morgan fingerprint density at radius 2 is 1.84 bits per heavy atom. The minimum atomic E-state index is -4.00. The number of hydrogen-bond acceptors (Lipinski definition) is 5. The second-order valence-corrected chi connectivity index (χ2v) is 9.52. The van der Waals surface area contributed by atoms with Gasteiger partial charge < -0.3 is 15.4 Å². The molecule has 172 valence electrons. The Bertz CT molecular complexity index is 1100. The molecule has 1 heterocycles. The van der Waals surface area contributed by atoms with Crippen LogP contribution in [0, 0.1) is 12.7 Å². The fraction of sp³-hybridized carbons (Fsp3) is 0.333. The molecular weight excluding hydrogens is 461 g/mol. The van der Waals surface area contributed by atoms with Crippen LogP contribution in [0.3, 0.4) is 0 Å². The number of aryl methyl sites for hydroxylation is 1. The van der Waals surface area contributed by atoms with Crippen molar-refractivity contribution < 1.29 is 27.1 Å². The van der Waals surface area contributed by atoms with Crippen molar-refractivity contribution in [3.63, 3.8) is 0 Å². The molecule has 1 aliphatic heterocycles. The van der Waals surface area contributed by atoms with Crippen LogP contribution in [0.5, 0.6) is 0 Å². The van der Waals surface area contributed by atoms with Crippen LogP contribution in [0.4, 0.5) is 4.39 Å². The van der Waals surface area contributed by atoms with Crippen LogP contribution < -0.4 is 10.6 Å². The molecule has 2 amide bonds. The third-order valence-electron chi connectivity index (χ3n) is 4.89. The maximum atomic E-state index is 13.4. The van der Waals surface area contributed by atoms with Gasteiger partial charge in [0.25, 0.3) is 0 Å². The van der Waals surface area contributed by atoms with Crippen LogP contribution >= 0.6 is 11.6 Å². The number of ether oxygens (including phenoxy) is 1. The molecule has 0 unspecified atom stereocenters. The minimum Gasteiger partial charge on any atom is -0.360 e. The average molecular weight is 484 g/mol. The van der Waals surface area contributed by atoms with Gasteiger partial charge in [-0.2, -0.15) is 4.31 Å². The van der Waals surface area contributed by atoms with E-state index in [2.05, 4.69) is 10.6 Å². The van der Waals surface area contributed by atoms with Gasteiger partial charge in [0.05, 0.1) is 18.0 Å². The van der Waals surface area contributed by atoms with E-state index < -0.39 is 33.9 Å². The number of benzene rings is 2. The standard InChI is InChI=1S/C21H23ClFN3O5S/c1-14-11-17(23)7-8-18(14)32(29,30)26-9-2-10-31-19(26)13-25-21(28)20(27)24-12-15-3-5-16(22)6-4-15/h3-8,11,19H,2,9-10,12-13H2,1H3,(H,24,27)(H,25,28)/t19-/m1/s1. The van der Waals surface area contributed by atoms with Crippen LogP contribution in [0.2, 0.25) is 5.02 Å². The molecule has 1 saturated heterocycles. The lowest BCUT2D eigenvalue weighted by atomic mass is 10.2. The van der Waals surface area contributed by atoms with Gasteiger partial charge in [-0.25, -0.2) is 12.8 Å². The molecule has 2 N–H and O–H groups in total. The molecule has 0 aromatic heterocycles. The van der Waals surface area contributed by atoms with E-state index in [0.717, 1.165) is 22.0 Å². The fourth-order valence-corrected chi connectivity index (χ4v) is 5.16. The van der Waals surface area contributed by atoms with E-state index in [1.165, 1.54) is 13.0 Å². The summed E-state index contributed by atoms with van der Waals surface area (Å²) in [5.74, 6) is -2.31. The average Bonchev–Trinajstić information content (AvgIpc) is 2.76. The maximum Gasteiger partial charge on any atom is 0.309 e. The Labute approximate surface area is 190 Å². The molecule has 0 spiro atoms. The van der Waals surface area contributed by atoms with Gasteiger partial charge in [0.2, 0.25) is 10.0 Å². The van der Waals surface area contributed by atoms with Gasteiger partial charge in [0.15, 0.2) is 0 Å². The Hall–Kier alpha value is -2.53. The number of rotatable bonds is 6. The fourth-order valence-electron chi connectivity index (χ4n) is 3.26. The van der Waals surface area contributed by atoms with Crippen LogP contribution in [-0.2, 0) is 30.9 Å². The predicted octanol–water partition coefficient (Wildman–Crippen LogP) is 1.96. The molecule has 11 heteroatoms. The van der Waals surface area contributed by atoms with Crippen LogP contribution in [0.15, 0.2) is 47.4 Å². The number of nitrogens with zero attached hydrogens (tertiary/aromatic N) is 1. The Balaban J connectivity index is 1.61. The van der Waals surface area contributed by atoms with Gasteiger partial charge in [0.1, 0.15) is 12.0 Å². The van der Waals surface area contributed by atoms with Crippen molar-refractivity contribution in [3.8, 4) is 0 Å². The van der Waals surface area contributed by atoms with Crippen molar-refractivity contribution in [1.82, 2.24) is 14.9 Å². The summed E-state index contributed by atoms with van der Waals surface area (Å²) in [6.45, 7) is 1.89. The minimum absolute atomic E-state index is 0.0403. The molecule has 0 bridgehead atoms. The number of halogens is 2. The third kappa shape index (κ3) is 5.83. The summed E-state index contributed by atoms with van der Waals surface area (Å²) in [6, 6.07) is 10.2. The number of amides is 2. The first-order valence-corrected chi connectivity index (χ1v) is 11.7. The van der Waals surface area contributed by atoms with Gasteiger partial charge in [-0.05, 0) is 54.8 Å². The summed E-state index contributed by atoms with van der Waals surface area (Å²) in [5, 5.41) is 5.45. The van der Waals surface area contributed by atoms with E-state index in [0.29, 0.717) is 18.1 Å². The highest BCUT2D eigenvalue weighted by Gasteiger charge is 2.35. The SMILES string of the molecule is Cc1cc(F)ccc1S(=O)(=O)N1CCCO[C@@H]1CNC(=O)C(=O)NCc1ccc(Cl)cc1. The van der Waals surface area contributed by atoms with Crippen molar-refractivity contribution in [2.45, 2.75) is 31.0 Å². The molecule has 0 radical (unpaired) electrons. The predicted molar refractivity (Wildman–Crippen MR) is 116 cm³/mol. The lowest BCUT2D eigenvalue weighted by Gasteiger charge is -2.34. The molecule has 2 aromatic carbocycles. The third-order valence-corrected chi connectivity index (χ3v) is 7.19. The zero-order valence-electron chi connectivity index (χ0n) is 17.3. The Morgan fingerprint density at radius 3 is 2.53 bits per heavy atom. The summed E-state index contributed by atoms with van der Waals surface area (Å²) in [6.07, 6.45) is -0.530. The van der Waals surface area contributed by atoms with E-state index in [1.807, 2.05) is 0 Å². The number of sulfonamides is 1. The van der Waals surface area contributed by atoms with Crippen LogP contribution in [-0.4, -0.2) is 50.5 Å². The Morgan fingerprint density at radius 1 is 1.16 bits per heavy atom. The molecule has 32 heavy (non-hydrogen) atoms. The highest BCUT2D eigenvalue weighted by molar-refractivity contribution is 7.89. The number of carbonyl (C=O) groups excluding carboxylic acids is 2. The number of hydrogen-bond donors (Lipinski definition) is 2. The summed E-state index contributed by atoms with van der Waals surface area (Å²) in [5.41, 5.74) is 1.03. The summed E-state index contributed by atoms with van der Waals surface area (Å²) >= 11 is 5.81. The topological polar surface area (TPSA) is 105 Å². The normalized spacial score (nSPS) is 17.0. The number of nitrogens with one attached hydrogen (secondary N) is 2. The van der Waals surface area contributed by atoms with Crippen LogP contribution in [0.1, 0.15) is 17.5 Å². The molecule has 1 atom stereocenters. The zero-order valence-corrected chi connectivity index (χ0v) is 18.9. The van der Waals surface area contributed by atoms with E-state index in [1.54, 1.807) is 24.3 Å². The van der Waals surface area contributed by atoms with Crippen molar-refractivity contribution in [2.24, 2.45) is 0 Å². The first kappa shape index (κ1) is 24.1. The molecular formula is C21H23ClFN3O5S. The quantitative estimate of drug-likeness (QED) is 0.611. The van der Waals surface area contributed by atoms with E-state index in [9.17, 15) is 22.4 Å². The molecule has 1 aliphatic rings. The lowest BCUT2D eigenvalue weighted by Crippen LogP contribution is -2.53. The van der Waals surface area contributed by atoms with E-state index >= 15 is 0 Å². The summed E-state index contributed by atoms with van der Waals surface area (Å²) < 4.78 is 46.3. The molecule has 0 aliphatic carbocycles. The highest BCUT2D eigenvalue weighted by Crippen LogP contribution is 2.25. The van der Waals surface area contributed by atoms with E-state index in [4.69, 9.17) is 16.3 Å². The Kier molecular flexibility index (Phi) is 7.83. The van der Waals surface area contributed by atoms with Gasteiger partial charge in [-0.3, -0.25) is 9.59 Å². The monoisotopic (exact) mass is 483 g/mol. The van der Waals surface area contributed by atoms with Crippen LogP contribution in [0.25, 0.3) is 0 Å². The van der Waals surface area contributed by atoms with Crippen molar-refractivity contribution in [3.05, 3.63) is 64.4 Å². The van der Waals surface area contributed by atoms with Gasteiger partial charge in [-0.15, -0.1) is 0 Å². The zero-order chi connectivity index (χ0) is 23.3. The second kappa shape index (κ2) is 10.4. The van der Waals surface area contributed by atoms with Crippen molar-refractivity contribution in [1.29, 1.82) is 0 Å². The highest BCUT2D eigenvalue weighted by atomic mass is 35.5. The van der Waals surface area contributed by atoms with Crippen molar-refractivity contribution >= 4 is 33.4 Å².